The van der Waals surface area contributed by atoms with Gasteiger partial charge in [0.15, 0.2) is 0 Å². The number of anilines is 1. The highest BCUT2D eigenvalue weighted by Crippen LogP contribution is 2.46. The maximum Gasteiger partial charge on any atom is 0.295 e. The molecule has 0 aliphatic heterocycles. The van der Waals surface area contributed by atoms with Crippen LogP contribution in [0.5, 0.6) is 0 Å². The minimum Gasteiger partial charge on any atom is -0.267 e. The molecule has 0 unspecified atom stereocenters. The Bertz CT molecular complexity index is 640. The van der Waals surface area contributed by atoms with Gasteiger partial charge in [-0.3, -0.25) is 14.4 Å². The molecule has 0 aromatic heterocycles. The summed E-state index contributed by atoms with van der Waals surface area (Å²) in [6, 6.07) is 2.74. The van der Waals surface area contributed by atoms with Crippen molar-refractivity contribution in [3.63, 3.8) is 0 Å². The molecule has 1 aliphatic carbocycles. The van der Waals surface area contributed by atoms with Crippen molar-refractivity contribution < 1.29 is 13.3 Å². The lowest BCUT2D eigenvalue weighted by Gasteiger charge is -2.18. The van der Waals surface area contributed by atoms with Gasteiger partial charge in [-0.05, 0) is 30.4 Å². The molecule has 0 N–H and O–H groups in total. The van der Waals surface area contributed by atoms with Crippen molar-refractivity contribution in [2.75, 3.05) is 17.6 Å². The fraction of sp³-hybridized carbons (Fsp3) is 0.455. The van der Waals surface area contributed by atoms with E-state index in [0.717, 1.165) is 29.0 Å². The van der Waals surface area contributed by atoms with Crippen molar-refractivity contribution in [2.45, 2.75) is 18.8 Å². The monoisotopic (exact) mass is 304 g/mol. The van der Waals surface area contributed by atoms with E-state index < -0.39 is 14.9 Å². The van der Waals surface area contributed by atoms with E-state index in [4.69, 9.17) is 11.6 Å². The molecule has 1 fully saturated rings. The first kappa shape index (κ1) is 14.1. The van der Waals surface area contributed by atoms with E-state index in [9.17, 15) is 18.5 Å². The van der Waals surface area contributed by atoms with Crippen LogP contribution in [0.1, 0.15) is 24.3 Å². The second kappa shape index (κ2) is 4.64. The lowest BCUT2D eigenvalue weighted by atomic mass is 10.1. The van der Waals surface area contributed by atoms with Gasteiger partial charge in [-0.15, -0.1) is 0 Å². The highest BCUT2D eigenvalue weighted by atomic mass is 35.5. The number of hydrogen-bond acceptors (Lipinski definition) is 4. The molecule has 19 heavy (non-hydrogen) atoms. The summed E-state index contributed by atoms with van der Waals surface area (Å²) in [4.78, 5) is 10.4. The number of nitro benzene ring substituents is 1. The zero-order valence-corrected chi connectivity index (χ0v) is 12.0. The molecule has 104 valence electrons. The summed E-state index contributed by atoms with van der Waals surface area (Å²) >= 11 is 6.03. The van der Waals surface area contributed by atoms with E-state index in [2.05, 4.69) is 0 Å². The van der Waals surface area contributed by atoms with E-state index in [1.54, 1.807) is 0 Å². The lowest BCUT2D eigenvalue weighted by Crippen LogP contribution is -2.25. The van der Waals surface area contributed by atoms with Crippen LogP contribution in [0.15, 0.2) is 12.1 Å². The highest BCUT2D eigenvalue weighted by molar-refractivity contribution is 7.92. The summed E-state index contributed by atoms with van der Waals surface area (Å²) in [5, 5.41) is 11.3. The quantitative estimate of drug-likeness (QED) is 0.632. The van der Waals surface area contributed by atoms with Crippen LogP contribution in [-0.4, -0.2) is 26.6 Å². The summed E-state index contributed by atoms with van der Waals surface area (Å²) < 4.78 is 24.0. The minimum absolute atomic E-state index is 0.0544. The normalized spacial score (nSPS) is 15.3. The van der Waals surface area contributed by atoms with E-state index >= 15 is 0 Å². The fourth-order valence-electron chi connectivity index (χ4n) is 1.85. The molecule has 1 aromatic rings. The van der Waals surface area contributed by atoms with Crippen LogP contribution in [0, 0.1) is 10.1 Å². The maximum atomic E-state index is 11.6. The summed E-state index contributed by atoms with van der Waals surface area (Å²) in [5.41, 5.74) is 0.527. The Morgan fingerprint density at radius 3 is 2.42 bits per heavy atom. The molecule has 0 heterocycles. The molecule has 1 saturated carbocycles. The molecule has 2 rings (SSSR count). The van der Waals surface area contributed by atoms with Crippen LogP contribution in [0.2, 0.25) is 5.02 Å². The van der Waals surface area contributed by atoms with Crippen molar-refractivity contribution in [2.24, 2.45) is 0 Å². The summed E-state index contributed by atoms with van der Waals surface area (Å²) in [7, 11) is -2.27. The van der Waals surface area contributed by atoms with Gasteiger partial charge >= 0.3 is 0 Å². The van der Waals surface area contributed by atoms with Crippen molar-refractivity contribution in [3.05, 3.63) is 32.8 Å². The van der Waals surface area contributed by atoms with Gasteiger partial charge in [0, 0.05) is 13.1 Å². The number of halogens is 1. The predicted molar refractivity (Wildman–Crippen MR) is 73.3 cm³/mol. The molecular weight excluding hydrogens is 292 g/mol. The predicted octanol–water partition coefficient (Wildman–Crippen LogP) is 2.52. The van der Waals surface area contributed by atoms with Gasteiger partial charge in [0.2, 0.25) is 10.0 Å². The number of benzene rings is 1. The van der Waals surface area contributed by atoms with Crippen molar-refractivity contribution in [1.82, 2.24) is 0 Å². The zero-order chi connectivity index (χ0) is 14.4. The van der Waals surface area contributed by atoms with Crippen LogP contribution in [-0.2, 0) is 10.0 Å². The Kier molecular flexibility index (Phi) is 3.44. The van der Waals surface area contributed by atoms with Crippen LogP contribution in [0.4, 0.5) is 11.4 Å². The van der Waals surface area contributed by atoms with Gasteiger partial charge in [0.05, 0.1) is 16.2 Å². The number of nitrogens with zero attached hydrogens (tertiary/aromatic N) is 2. The van der Waals surface area contributed by atoms with Gasteiger partial charge in [0.25, 0.3) is 5.69 Å². The SMILES string of the molecule is CN(c1cc(C2CC2)c(Cl)cc1[N+](=O)[O-])S(C)(=O)=O. The fourth-order valence-corrected chi connectivity index (χ4v) is 2.67. The molecule has 6 nitrogen and oxygen atoms in total. The van der Waals surface area contributed by atoms with Crippen LogP contribution in [0.3, 0.4) is 0 Å². The van der Waals surface area contributed by atoms with Gasteiger partial charge in [-0.25, -0.2) is 8.42 Å². The Morgan fingerprint density at radius 2 is 2.00 bits per heavy atom. The summed E-state index contributed by atoms with van der Waals surface area (Å²) in [6.45, 7) is 0. The smallest absolute Gasteiger partial charge is 0.267 e. The molecule has 0 bridgehead atoms. The average molecular weight is 305 g/mol. The van der Waals surface area contributed by atoms with Crippen LogP contribution < -0.4 is 4.31 Å². The Morgan fingerprint density at radius 1 is 1.42 bits per heavy atom. The number of nitro groups is 1. The largest absolute Gasteiger partial charge is 0.295 e. The molecule has 0 saturated heterocycles. The Balaban J connectivity index is 2.62. The molecule has 8 heteroatoms. The van der Waals surface area contributed by atoms with E-state index in [1.165, 1.54) is 19.2 Å². The average Bonchev–Trinajstić information content (AvgIpc) is 3.10. The van der Waals surface area contributed by atoms with Gasteiger partial charge in [0.1, 0.15) is 5.69 Å². The summed E-state index contributed by atoms with van der Waals surface area (Å²) in [5.74, 6) is 0.278. The standard InChI is InChI=1S/C11H13ClN2O4S/c1-13(19(2,17)18)10-5-8(7-3-4-7)9(12)6-11(10)14(15)16/h5-7H,3-4H2,1-2H3. The first-order chi connectivity index (χ1) is 8.71. The number of hydrogen-bond donors (Lipinski definition) is 0. The zero-order valence-electron chi connectivity index (χ0n) is 10.5. The minimum atomic E-state index is -3.56. The second-order valence-electron chi connectivity index (χ2n) is 4.62. The van der Waals surface area contributed by atoms with E-state index in [1.807, 2.05) is 0 Å². The third-order valence-electron chi connectivity index (χ3n) is 3.14. The van der Waals surface area contributed by atoms with Crippen LogP contribution >= 0.6 is 11.6 Å². The molecule has 1 aromatic carbocycles. The number of rotatable bonds is 4. The third kappa shape index (κ3) is 2.82. The first-order valence-electron chi connectivity index (χ1n) is 5.63. The van der Waals surface area contributed by atoms with Crippen molar-refractivity contribution in [3.8, 4) is 0 Å². The van der Waals surface area contributed by atoms with Gasteiger partial charge in [-0.2, -0.15) is 0 Å². The third-order valence-corrected chi connectivity index (χ3v) is 4.66. The maximum absolute atomic E-state index is 11.6. The summed E-state index contributed by atoms with van der Waals surface area (Å²) in [6.07, 6.45) is 2.95. The molecule has 1 aliphatic rings. The molecule has 0 spiro atoms. The lowest BCUT2D eigenvalue weighted by molar-refractivity contribution is -0.384. The topological polar surface area (TPSA) is 80.5 Å². The van der Waals surface area contributed by atoms with Gasteiger partial charge < -0.3 is 0 Å². The first-order valence-corrected chi connectivity index (χ1v) is 7.86. The molecule has 0 atom stereocenters. The van der Waals surface area contributed by atoms with E-state index in [-0.39, 0.29) is 17.3 Å². The molecular formula is C11H13ClN2O4S. The van der Waals surface area contributed by atoms with Gasteiger partial charge in [-0.1, -0.05) is 11.6 Å². The van der Waals surface area contributed by atoms with Crippen molar-refractivity contribution in [1.29, 1.82) is 0 Å². The Hall–Kier alpha value is -1.34. The second-order valence-corrected chi connectivity index (χ2v) is 7.05. The molecule has 0 amide bonds. The van der Waals surface area contributed by atoms with Crippen molar-refractivity contribution >= 4 is 33.0 Å². The Labute approximate surface area is 116 Å². The van der Waals surface area contributed by atoms with E-state index in [0.29, 0.717) is 5.02 Å². The molecule has 0 radical (unpaired) electrons. The number of sulfonamides is 1. The van der Waals surface area contributed by atoms with Crippen LogP contribution in [0.25, 0.3) is 0 Å². The highest BCUT2D eigenvalue weighted by Gasteiger charge is 2.31.